The molecule has 3 aliphatic carbocycles. The van der Waals surface area contributed by atoms with Crippen LogP contribution in [0.1, 0.15) is 36.7 Å². The van der Waals surface area contributed by atoms with Crippen molar-refractivity contribution in [1.29, 1.82) is 0 Å². The van der Waals surface area contributed by atoms with Crippen LogP contribution < -0.4 is 0 Å². The Morgan fingerprint density at radius 1 is 1.02 bits per heavy atom. The van der Waals surface area contributed by atoms with Gasteiger partial charge >= 0.3 is 11.9 Å². The van der Waals surface area contributed by atoms with Crippen molar-refractivity contribution >= 4 is 11.8 Å². The summed E-state index contributed by atoms with van der Waals surface area (Å²) in [7, 11) is 0. The Balaban J connectivity index is 1.41. The van der Waals surface area contributed by atoms with E-state index in [4.69, 9.17) is 23.7 Å². The number of carbonyl (C=O) groups is 2. The van der Waals surface area contributed by atoms with Gasteiger partial charge in [-0.3, -0.25) is 4.79 Å². The number of Topliss-reactive ketones (excluding diaryl/α,β-unsaturated/α-hetero) is 1. The lowest BCUT2D eigenvalue weighted by atomic mass is 9.53. The third-order valence-corrected chi connectivity index (χ3v) is 11.1. The fourth-order valence-corrected chi connectivity index (χ4v) is 9.07. The van der Waals surface area contributed by atoms with Crippen LogP contribution in [-0.2, 0) is 34.5 Å². The van der Waals surface area contributed by atoms with Gasteiger partial charge in [0, 0.05) is 23.3 Å². The van der Waals surface area contributed by atoms with Gasteiger partial charge in [0.25, 0.3) is 0 Å². The summed E-state index contributed by atoms with van der Waals surface area (Å²) in [6.07, 6.45) is -3.09. The largest absolute Gasteiger partial charge is 0.455 e. The molecule has 10 heteroatoms. The summed E-state index contributed by atoms with van der Waals surface area (Å²) in [5.74, 6) is -5.87. The summed E-state index contributed by atoms with van der Waals surface area (Å²) in [4.78, 5) is 27.5. The normalized spacial score (nSPS) is 47.6. The second-order valence-corrected chi connectivity index (χ2v) is 13.1. The second-order valence-electron chi connectivity index (χ2n) is 13.1. The SMILES string of the molecule is C=C(C)[C@@]12O[C@]3(c4ccccc4)O[C@@H]1C1[C@@H]4O[C@]4(CO)[C@@H](O)[C@]4(O)C(=O)C(C)=C[C@H]4[C@@]1(O3)[C@H](C)[C@H]2OC(=O)c1ccccc1. The van der Waals surface area contributed by atoms with Crippen molar-refractivity contribution < 1.29 is 48.6 Å². The maximum absolute atomic E-state index is 13.8. The molecule has 2 aromatic rings. The fraction of sp³-hybridized carbons (Fsp3) is 0.471. The lowest BCUT2D eigenvalue weighted by Gasteiger charge is -2.61. The smallest absolute Gasteiger partial charge is 0.338 e. The lowest BCUT2D eigenvalue weighted by molar-refractivity contribution is -0.440. The van der Waals surface area contributed by atoms with Crippen LogP contribution in [0.4, 0.5) is 0 Å². The van der Waals surface area contributed by atoms with Crippen LogP contribution >= 0.6 is 0 Å². The van der Waals surface area contributed by atoms with Gasteiger partial charge in [0.15, 0.2) is 17.0 Å². The van der Waals surface area contributed by atoms with Gasteiger partial charge in [-0.05, 0) is 37.1 Å². The number of epoxide rings is 1. The first-order chi connectivity index (χ1) is 20.9. The first kappa shape index (κ1) is 28.3. The summed E-state index contributed by atoms with van der Waals surface area (Å²) >= 11 is 0. The molecule has 3 aliphatic heterocycles. The summed E-state index contributed by atoms with van der Waals surface area (Å²) in [6.45, 7) is 8.80. The molecule has 5 fully saturated rings. The first-order valence-corrected chi connectivity index (χ1v) is 14.9. The van der Waals surface area contributed by atoms with Gasteiger partial charge in [0.2, 0.25) is 0 Å². The third-order valence-electron chi connectivity index (χ3n) is 11.1. The Morgan fingerprint density at radius 2 is 1.68 bits per heavy atom. The monoisotopic (exact) mass is 602 g/mol. The summed E-state index contributed by atoms with van der Waals surface area (Å²) in [5.41, 5.74) is -5.56. The van der Waals surface area contributed by atoms with Crippen LogP contribution in [0.25, 0.3) is 0 Å². The summed E-state index contributed by atoms with van der Waals surface area (Å²) in [5, 5.41) is 34.8. The summed E-state index contributed by atoms with van der Waals surface area (Å²) < 4.78 is 33.4. The number of fused-ring (bicyclic) bond motifs is 3. The van der Waals surface area contributed by atoms with Crippen molar-refractivity contribution in [2.45, 2.75) is 73.6 Å². The van der Waals surface area contributed by atoms with Crippen molar-refractivity contribution in [1.82, 2.24) is 0 Å². The van der Waals surface area contributed by atoms with E-state index in [0.717, 1.165) is 0 Å². The molecule has 0 radical (unpaired) electrons. The fourth-order valence-electron chi connectivity index (χ4n) is 9.07. The lowest BCUT2D eigenvalue weighted by Crippen LogP contribution is -2.76. The topological polar surface area (TPSA) is 144 Å². The molecule has 3 heterocycles. The summed E-state index contributed by atoms with van der Waals surface area (Å²) in [6, 6.07) is 17.6. The average Bonchev–Trinajstić information content (AvgIpc) is 3.65. The number of ketones is 1. The molecule has 12 atom stereocenters. The van der Waals surface area contributed by atoms with Gasteiger partial charge < -0.3 is 39.0 Å². The van der Waals surface area contributed by atoms with E-state index in [1.807, 2.05) is 13.0 Å². The highest BCUT2D eigenvalue weighted by Gasteiger charge is 2.90. The minimum Gasteiger partial charge on any atom is -0.455 e. The van der Waals surface area contributed by atoms with Gasteiger partial charge in [-0.1, -0.05) is 68.1 Å². The number of rotatable bonds is 5. The van der Waals surface area contributed by atoms with Crippen molar-refractivity contribution in [2.24, 2.45) is 17.8 Å². The molecule has 0 spiro atoms. The highest BCUT2D eigenvalue weighted by Crippen LogP contribution is 2.74. The number of carbonyl (C=O) groups excluding carboxylic acids is 2. The number of ether oxygens (including phenoxy) is 5. The van der Waals surface area contributed by atoms with Crippen molar-refractivity contribution in [3.63, 3.8) is 0 Å². The standard InChI is InChI=1S/C34H34O10/c1-17(2)32-25(40-28(37)20-11-7-5-8-12-20)19(4)33-22-15-18(3)24(36)31(22,39)29(38)30(16-35)26(41-30)23(33)27(32)42-34(43-32,44-33)21-13-9-6-10-14-21/h5-15,19,22-23,25-27,29,35,38-39H,1,16H2,2-4H3/t19-,22-,23?,25-,26+,27-,29-,30+,31-,32+,33+,34+/m1/s1. The molecule has 6 aliphatic rings. The van der Waals surface area contributed by atoms with Crippen LogP contribution in [0.3, 0.4) is 0 Å². The van der Waals surface area contributed by atoms with Gasteiger partial charge in [0.05, 0.1) is 17.8 Å². The Kier molecular flexibility index (Phi) is 5.61. The molecule has 3 bridgehead atoms. The molecular formula is C34H34O10. The second kappa shape index (κ2) is 8.73. The minimum atomic E-state index is -2.42. The van der Waals surface area contributed by atoms with E-state index >= 15 is 0 Å². The minimum absolute atomic E-state index is 0.232. The quantitative estimate of drug-likeness (QED) is 0.265. The van der Waals surface area contributed by atoms with E-state index in [1.165, 1.54) is 0 Å². The number of aliphatic hydroxyl groups excluding tert-OH is 2. The van der Waals surface area contributed by atoms with Crippen LogP contribution in [0.15, 0.2) is 84.5 Å². The van der Waals surface area contributed by atoms with Gasteiger partial charge in [0.1, 0.15) is 30.0 Å². The first-order valence-electron chi connectivity index (χ1n) is 14.9. The van der Waals surface area contributed by atoms with Gasteiger partial charge in [-0.15, -0.1) is 0 Å². The van der Waals surface area contributed by atoms with Crippen LogP contribution in [0, 0.1) is 17.8 Å². The number of benzene rings is 2. The Bertz CT molecular complexity index is 1620. The van der Waals surface area contributed by atoms with E-state index in [9.17, 15) is 24.9 Å². The van der Waals surface area contributed by atoms with Crippen molar-refractivity contribution in [3.8, 4) is 0 Å². The molecule has 10 nitrogen and oxygen atoms in total. The van der Waals surface area contributed by atoms with Crippen LogP contribution in [-0.4, -0.2) is 80.5 Å². The molecule has 44 heavy (non-hydrogen) atoms. The maximum Gasteiger partial charge on any atom is 0.338 e. The predicted molar refractivity (Wildman–Crippen MR) is 152 cm³/mol. The zero-order chi connectivity index (χ0) is 31.0. The Morgan fingerprint density at radius 3 is 2.32 bits per heavy atom. The molecule has 230 valence electrons. The van der Waals surface area contributed by atoms with Crippen molar-refractivity contribution in [3.05, 3.63) is 95.6 Å². The Labute approximate surface area is 253 Å². The predicted octanol–water partition coefficient (Wildman–Crippen LogP) is 2.17. The number of hydrogen-bond acceptors (Lipinski definition) is 10. The molecule has 8 rings (SSSR count). The van der Waals surface area contributed by atoms with Crippen LogP contribution in [0.5, 0.6) is 0 Å². The molecule has 3 saturated heterocycles. The molecule has 3 N–H and O–H groups in total. The van der Waals surface area contributed by atoms with Gasteiger partial charge in [-0.25, -0.2) is 4.79 Å². The number of hydrogen-bond donors (Lipinski definition) is 3. The zero-order valence-electron chi connectivity index (χ0n) is 24.5. The molecule has 2 saturated carbocycles. The van der Waals surface area contributed by atoms with Crippen LogP contribution in [0.2, 0.25) is 0 Å². The Hall–Kier alpha value is -3.22. The van der Waals surface area contributed by atoms with E-state index in [2.05, 4.69) is 6.58 Å². The highest BCUT2D eigenvalue weighted by molar-refractivity contribution is 6.05. The van der Waals surface area contributed by atoms with E-state index in [1.54, 1.807) is 74.5 Å². The van der Waals surface area contributed by atoms with Gasteiger partial charge in [-0.2, -0.15) is 0 Å². The highest BCUT2D eigenvalue weighted by atomic mass is 16.9. The number of esters is 1. The van der Waals surface area contributed by atoms with E-state index in [-0.39, 0.29) is 5.57 Å². The molecular weight excluding hydrogens is 568 g/mol. The van der Waals surface area contributed by atoms with Crippen molar-refractivity contribution in [2.75, 3.05) is 6.61 Å². The third kappa shape index (κ3) is 3.00. The molecule has 2 aromatic carbocycles. The average molecular weight is 603 g/mol. The number of aliphatic hydroxyl groups is 3. The zero-order valence-corrected chi connectivity index (χ0v) is 24.5. The van der Waals surface area contributed by atoms with E-state index < -0.39 is 88.9 Å². The molecule has 1 unspecified atom stereocenters. The maximum atomic E-state index is 13.8. The molecule has 0 amide bonds. The van der Waals surface area contributed by atoms with E-state index in [0.29, 0.717) is 16.7 Å². The molecule has 0 aromatic heterocycles.